The number of fused-ring (bicyclic) bond motifs is 1. The van der Waals surface area contributed by atoms with Gasteiger partial charge >= 0.3 is 0 Å². The normalized spacial score (nSPS) is 11.8. The van der Waals surface area contributed by atoms with Crippen LogP contribution in [0.3, 0.4) is 0 Å². The summed E-state index contributed by atoms with van der Waals surface area (Å²) in [4.78, 5) is 1.26. The van der Waals surface area contributed by atoms with Crippen LogP contribution in [0.4, 0.5) is 0 Å². The molecule has 3 rings (SSSR count). The molecule has 0 aliphatic carbocycles. The van der Waals surface area contributed by atoms with E-state index in [0.717, 1.165) is 0 Å². The van der Waals surface area contributed by atoms with Gasteiger partial charge in [-0.15, -0.1) is 15.0 Å². The maximum absolute atomic E-state index is 11.8. The second-order valence-corrected chi connectivity index (χ2v) is 6.37. The van der Waals surface area contributed by atoms with Crippen molar-refractivity contribution in [3.8, 4) is 11.4 Å². The highest BCUT2D eigenvalue weighted by atomic mass is 32.2. The fourth-order valence-corrected chi connectivity index (χ4v) is 3.05. The fraction of sp³-hybridized carbons (Fsp3) is 0.143. The molecule has 1 aromatic heterocycles. The molecule has 3 aromatic rings. The maximum Gasteiger partial charge on any atom is 0.241 e. The number of sulfonamides is 1. The first-order valence-electron chi connectivity index (χ1n) is 6.44. The van der Waals surface area contributed by atoms with E-state index in [1.807, 2.05) is 24.3 Å². The Kier molecular flexibility index (Phi) is 3.34. The first-order valence-corrected chi connectivity index (χ1v) is 7.98. The van der Waals surface area contributed by atoms with E-state index < -0.39 is 10.0 Å². The van der Waals surface area contributed by atoms with E-state index in [-0.39, 0.29) is 10.6 Å². The summed E-state index contributed by atoms with van der Waals surface area (Å²) in [5.41, 5.74) is 2.52. The van der Waals surface area contributed by atoms with Gasteiger partial charge in [-0.1, -0.05) is 12.1 Å². The van der Waals surface area contributed by atoms with Gasteiger partial charge in [0, 0.05) is 0 Å². The Morgan fingerprint density at radius 1 is 1.14 bits per heavy atom. The van der Waals surface area contributed by atoms with Gasteiger partial charge in [0.05, 0.1) is 7.11 Å². The molecule has 0 saturated carbocycles. The predicted molar refractivity (Wildman–Crippen MR) is 81.5 cm³/mol. The summed E-state index contributed by atoms with van der Waals surface area (Å²) in [6, 6.07) is 10.5. The van der Waals surface area contributed by atoms with Crippen LogP contribution in [-0.4, -0.2) is 30.5 Å². The minimum absolute atomic E-state index is 0.0913. The maximum atomic E-state index is 11.8. The van der Waals surface area contributed by atoms with Crippen LogP contribution in [0.25, 0.3) is 16.7 Å². The summed E-state index contributed by atoms with van der Waals surface area (Å²) in [7, 11) is -2.54. The molecule has 114 valence electrons. The molecular weight excluding hydrogens is 304 g/mol. The third-order valence-electron chi connectivity index (χ3n) is 3.19. The van der Waals surface area contributed by atoms with Crippen LogP contribution in [-0.2, 0) is 10.0 Å². The molecule has 0 radical (unpaired) electrons. The quantitative estimate of drug-likeness (QED) is 0.786. The van der Waals surface area contributed by atoms with Crippen LogP contribution in [0.5, 0.6) is 5.75 Å². The van der Waals surface area contributed by atoms with Gasteiger partial charge in [-0.3, -0.25) is 0 Å². The van der Waals surface area contributed by atoms with Crippen molar-refractivity contribution in [2.45, 2.75) is 11.8 Å². The second-order valence-electron chi connectivity index (χ2n) is 4.84. The number of aromatic nitrogens is 3. The number of benzene rings is 2. The summed E-state index contributed by atoms with van der Waals surface area (Å²) in [5, 5.41) is 14.0. The number of ether oxygens (including phenoxy) is 1. The molecule has 0 spiro atoms. The number of nitrogens with two attached hydrogens (primary N) is 1. The molecule has 0 bridgehead atoms. The Morgan fingerprint density at radius 3 is 2.23 bits per heavy atom. The van der Waals surface area contributed by atoms with Crippen molar-refractivity contribution < 1.29 is 13.2 Å². The molecule has 1 heterocycles. The van der Waals surface area contributed by atoms with Gasteiger partial charge in [0.1, 0.15) is 21.6 Å². The smallest absolute Gasteiger partial charge is 0.241 e. The summed E-state index contributed by atoms with van der Waals surface area (Å²) in [5.74, 6) is 0.119. The third kappa shape index (κ3) is 2.42. The Balaban J connectivity index is 2.32. The molecule has 0 saturated heterocycles. The van der Waals surface area contributed by atoms with E-state index in [1.54, 1.807) is 13.0 Å². The SMILES string of the molecule is COc1c(-n2nc3ccccc3n2)cc(C)cc1S(N)(=O)=O. The average molecular weight is 318 g/mol. The number of nitrogens with zero attached hydrogens (tertiary/aromatic N) is 3. The van der Waals surface area contributed by atoms with E-state index in [9.17, 15) is 8.42 Å². The van der Waals surface area contributed by atoms with Crippen LogP contribution < -0.4 is 9.88 Å². The number of primary sulfonamides is 1. The highest BCUT2D eigenvalue weighted by molar-refractivity contribution is 7.89. The molecule has 22 heavy (non-hydrogen) atoms. The molecule has 0 aliphatic heterocycles. The summed E-state index contributed by atoms with van der Waals surface area (Å²) >= 11 is 0. The molecule has 7 nitrogen and oxygen atoms in total. The molecule has 8 heteroatoms. The van der Waals surface area contributed by atoms with E-state index in [2.05, 4.69) is 10.2 Å². The zero-order chi connectivity index (χ0) is 15.9. The van der Waals surface area contributed by atoms with Gasteiger partial charge in [-0.05, 0) is 36.8 Å². The molecule has 0 fully saturated rings. The van der Waals surface area contributed by atoms with Gasteiger partial charge in [-0.2, -0.15) is 0 Å². The highest BCUT2D eigenvalue weighted by Gasteiger charge is 2.21. The van der Waals surface area contributed by atoms with Crippen LogP contribution in [0, 0.1) is 6.92 Å². The van der Waals surface area contributed by atoms with Gasteiger partial charge in [0.15, 0.2) is 5.75 Å². The van der Waals surface area contributed by atoms with Crippen molar-refractivity contribution in [1.29, 1.82) is 0 Å². The van der Waals surface area contributed by atoms with E-state index in [0.29, 0.717) is 22.3 Å². The van der Waals surface area contributed by atoms with Crippen molar-refractivity contribution in [3.05, 3.63) is 42.0 Å². The lowest BCUT2D eigenvalue weighted by molar-refractivity contribution is 0.398. The monoisotopic (exact) mass is 318 g/mol. The number of hydrogen-bond donors (Lipinski definition) is 1. The third-order valence-corrected chi connectivity index (χ3v) is 4.11. The zero-order valence-corrected chi connectivity index (χ0v) is 12.8. The molecule has 2 aromatic carbocycles. The van der Waals surface area contributed by atoms with Crippen molar-refractivity contribution in [2.75, 3.05) is 7.11 Å². The first kappa shape index (κ1) is 14.5. The number of rotatable bonds is 3. The van der Waals surface area contributed by atoms with Gasteiger partial charge in [0.25, 0.3) is 0 Å². The first-order chi connectivity index (χ1) is 10.4. The molecule has 0 aliphatic rings. The van der Waals surface area contributed by atoms with Crippen molar-refractivity contribution in [1.82, 2.24) is 15.0 Å². The summed E-state index contributed by atoms with van der Waals surface area (Å²) < 4.78 is 28.8. The van der Waals surface area contributed by atoms with Gasteiger partial charge in [-0.25, -0.2) is 13.6 Å². The Morgan fingerprint density at radius 2 is 1.73 bits per heavy atom. The van der Waals surface area contributed by atoms with Crippen LogP contribution in [0.1, 0.15) is 5.56 Å². The van der Waals surface area contributed by atoms with E-state index in [1.165, 1.54) is 18.0 Å². The largest absolute Gasteiger partial charge is 0.493 e. The topological polar surface area (TPSA) is 100 Å². The van der Waals surface area contributed by atoms with Gasteiger partial charge in [0.2, 0.25) is 10.0 Å². The zero-order valence-electron chi connectivity index (χ0n) is 12.0. The van der Waals surface area contributed by atoms with Crippen molar-refractivity contribution in [2.24, 2.45) is 5.14 Å². The van der Waals surface area contributed by atoms with E-state index in [4.69, 9.17) is 9.88 Å². The van der Waals surface area contributed by atoms with Crippen LogP contribution in [0.15, 0.2) is 41.3 Å². The summed E-state index contributed by atoms with van der Waals surface area (Å²) in [6.07, 6.45) is 0. The number of aryl methyl sites for hydroxylation is 1. The van der Waals surface area contributed by atoms with Crippen molar-refractivity contribution >= 4 is 21.1 Å². The average Bonchev–Trinajstić information content (AvgIpc) is 2.89. The molecule has 2 N–H and O–H groups in total. The second kappa shape index (κ2) is 5.08. The van der Waals surface area contributed by atoms with Crippen LogP contribution >= 0.6 is 0 Å². The van der Waals surface area contributed by atoms with Crippen molar-refractivity contribution in [3.63, 3.8) is 0 Å². The van der Waals surface area contributed by atoms with E-state index >= 15 is 0 Å². The number of hydrogen-bond acceptors (Lipinski definition) is 5. The molecule has 0 unspecified atom stereocenters. The number of methoxy groups -OCH3 is 1. The highest BCUT2D eigenvalue weighted by Crippen LogP contribution is 2.31. The Labute approximate surface area is 127 Å². The standard InChI is InChI=1S/C14H14N4O3S/c1-9-7-12(14(21-2)13(8-9)22(15,19)20)18-16-10-5-3-4-6-11(10)17-18/h3-8H,1-2H3,(H2,15,19,20). The lowest BCUT2D eigenvalue weighted by Crippen LogP contribution is -2.15. The lowest BCUT2D eigenvalue weighted by atomic mass is 10.2. The minimum atomic E-state index is -3.92. The Bertz CT molecular complexity index is 930. The predicted octanol–water partition coefficient (Wildman–Crippen LogP) is 1.38. The fourth-order valence-electron chi connectivity index (χ4n) is 2.25. The van der Waals surface area contributed by atoms with Gasteiger partial charge < -0.3 is 4.74 Å². The lowest BCUT2D eigenvalue weighted by Gasteiger charge is -2.12. The minimum Gasteiger partial charge on any atom is -0.493 e. The van der Waals surface area contributed by atoms with Crippen LogP contribution in [0.2, 0.25) is 0 Å². The molecular formula is C14H14N4O3S. The molecule has 0 atom stereocenters. The summed E-state index contributed by atoms with van der Waals surface area (Å²) in [6.45, 7) is 1.76. The molecule has 0 amide bonds. The Hall–Kier alpha value is -2.45.